The smallest absolute Gasteiger partial charge is 0.412 e. The molecule has 1 fully saturated rings. The Balaban J connectivity index is 1.28. The first-order chi connectivity index (χ1) is 17.8. The third-order valence-corrected chi connectivity index (χ3v) is 8.12. The lowest BCUT2D eigenvalue weighted by molar-refractivity contribution is -0.140. The number of carbonyl (C=O) groups is 2. The summed E-state index contributed by atoms with van der Waals surface area (Å²) in [5.74, 6) is -0.758. The van der Waals surface area contributed by atoms with Gasteiger partial charge in [-0.3, -0.25) is 10.1 Å². The number of carbonyl (C=O) groups excluding carboxylic acids is 1. The van der Waals surface area contributed by atoms with Crippen LogP contribution in [-0.4, -0.2) is 21.5 Å². The molecule has 3 aromatic carbocycles. The van der Waals surface area contributed by atoms with Crippen molar-refractivity contribution >= 4 is 52.5 Å². The van der Waals surface area contributed by atoms with Crippen molar-refractivity contribution in [2.75, 3.05) is 5.32 Å². The number of nitrogens with zero attached hydrogens (tertiary/aromatic N) is 1. The second kappa shape index (κ2) is 10.2. The molecule has 4 aromatic rings. The minimum absolute atomic E-state index is 0.00878. The molecule has 5 rings (SSSR count). The van der Waals surface area contributed by atoms with Crippen molar-refractivity contribution in [3.8, 4) is 21.6 Å². The van der Waals surface area contributed by atoms with Crippen molar-refractivity contribution in [2.24, 2.45) is 0 Å². The number of carboxylic acids is 1. The number of aliphatic carboxylic acids is 1. The highest BCUT2D eigenvalue weighted by Crippen LogP contribution is 2.48. The standard InChI is InChI=1S/C28H22Cl2N2O4S/c1-16-24(31-27(35)36-15-20-8-11-22(29)14-23(20)30)25(37-32-16)19-4-2-17(3-5-19)18-6-9-21(10-7-18)28(12-13-28)26(33)34/h2-11,14H,12-13,15H2,1H3,(H,31,35)(H,33,34). The topological polar surface area (TPSA) is 88.5 Å². The van der Waals surface area contributed by atoms with Crippen LogP contribution in [0.2, 0.25) is 10.0 Å². The molecule has 37 heavy (non-hydrogen) atoms. The van der Waals surface area contributed by atoms with Crippen LogP contribution >= 0.6 is 34.7 Å². The third-order valence-electron chi connectivity index (χ3n) is 6.54. The van der Waals surface area contributed by atoms with E-state index < -0.39 is 17.5 Å². The van der Waals surface area contributed by atoms with E-state index in [9.17, 15) is 14.7 Å². The average molecular weight is 553 g/mol. The molecule has 1 aliphatic carbocycles. The van der Waals surface area contributed by atoms with E-state index in [-0.39, 0.29) is 6.61 Å². The van der Waals surface area contributed by atoms with Crippen LogP contribution in [0, 0.1) is 6.92 Å². The Bertz CT molecular complexity index is 1480. The molecule has 0 aliphatic heterocycles. The van der Waals surface area contributed by atoms with Crippen molar-refractivity contribution < 1.29 is 19.4 Å². The molecule has 1 aromatic heterocycles. The Hall–Kier alpha value is -3.39. The number of hydrogen-bond donors (Lipinski definition) is 2. The van der Waals surface area contributed by atoms with Gasteiger partial charge in [0.05, 0.1) is 21.7 Å². The zero-order valence-corrected chi connectivity index (χ0v) is 22.1. The molecule has 9 heteroatoms. The SMILES string of the molecule is Cc1nsc(-c2ccc(-c3ccc(C4(C(=O)O)CC4)cc3)cc2)c1NC(=O)OCc1ccc(Cl)cc1Cl. The van der Waals surface area contributed by atoms with Gasteiger partial charge >= 0.3 is 12.1 Å². The van der Waals surface area contributed by atoms with Crippen LogP contribution in [-0.2, 0) is 21.6 Å². The summed E-state index contributed by atoms with van der Waals surface area (Å²) in [4.78, 5) is 24.9. The number of nitrogens with one attached hydrogen (secondary N) is 1. The first-order valence-corrected chi connectivity index (χ1v) is 13.1. The van der Waals surface area contributed by atoms with Gasteiger partial charge in [-0.25, -0.2) is 4.79 Å². The molecule has 2 N–H and O–H groups in total. The first-order valence-electron chi connectivity index (χ1n) is 11.6. The molecule has 1 saturated carbocycles. The number of rotatable bonds is 7. The summed E-state index contributed by atoms with van der Waals surface area (Å²) < 4.78 is 9.77. The maximum absolute atomic E-state index is 12.5. The molecule has 6 nitrogen and oxygen atoms in total. The van der Waals surface area contributed by atoms with E-state index in [4.69, 9.17) is 27.9 Å². The number of carboxylic acid groups (broad SMARTS) is 1. The Labute approximate surface area is 228 Å². The number of ether oxygens (including phenoxy) is 1. The molecule has 0 unspecified atom stereocenters. The number of benzene rings is 3. The maximum Gasteiger partial charge on any atom is 0.412 e. The largest absolute Gasteiger partial charge is 0.481 e. The van der Waals surface area contributed by atoms with Crippen molar-refractivity contribution in [1.82, 2.24) is 4.37 Å². The lowest BCUT2D eigenvalue weighted by Crippen LogP contribution is -2.19. The molecule has 0 saturated heterocycles. The van der Waals surface area contributed by atoms with Gasteiger partial charge in [-0.1, -0.05) is 77.8 Å². The number of aryl methyl sites for hydroxylation is 1. The Morgan fingerprint density at radius 1 is 1.00 bits per heavy atom. The van der Waals surface area contributed by atoms with E-state index in [2.05, 4.69) is 9.69 Å². The molecule has 0 bridgehead atoms. The van der Waals surface area contributed by atoms with Crippen LogP contribution in [0.15, 0.2) is 66.7 Å². The summed E-state index contributed by atoms with van der Waals surface area (Å²) in [6.45, 7) is 1.83. The summed E-state index contributed by atoms with van der Waals surface area (Å²) >= 11 is 13.4. The van der Waals surface area contributed by atoms with E-state index in [1.165, 1.54) is 11.5 Å². The highest BCUT2D eigenvalue weighted by atomic mass is 35.5. The lowest BCUT2D eigenvalue weighted by Gasteiger charge is -2.11. The van der Waals surface area contributed by atoms with Gasteiger partial charge in [-0.2, -0.15) is 4.37 Å². The van der Waals surface area contributed by atoms with Gasteiger partial charge in [-0.05, 0) is 65.7 Å². The van der Waals surface area contributed by atoms with Crippen molar-refractivity contribution in [1.29, 1.82) is 0 Å². The Morgan fingerprint density at radius 2 is 1.62 bits per heavy atom. The predicted molar refractivity (Wildman–Crippen MR) is 147 cm³/mol. The van der Waals surface area contributed by atoms with Gasteiger partial charge in [0.15, 0.2) is 0 Å². The zero-order chi connectivity index (χ0) is 26.2. The minimum Gasteiger partial charge on any atom is -0.481 e. The quantitative estimate of drug-likeness (QED) is 0.242. The molecule has 188 valence electrons. The summed E-state index contributed by atoms with van der Waals surface area (Å²) in [5.41, 5.74) is 4.99. The highest BCUT2D eigenvalue weighted by Gasteiger charge is 2.51. The van der Waals surface area contributed by atoms with E-state index in [0.29, 0.717) is 39.8 Å². The van der Waals surface area contributed by atoms with E-state index in [1.807, 2.05) is 55.5 Å². The number of halogens is 2. The van der Waals surface area contributed by atoms with Gasteiger partial charge in [-0.15, -0.1) is 0 Å². The molecule has 1 amide bonds. The van der Waals surface area contributed by atoms with Gasteiger partial charge < -0.3 is 9.84 Å². The normalized spacial score (nSPS) is 13.7. The van der Waals surface area contributed by atoms with Crippen LogP contribution < -0.4 is 5.32 Å². The third kappa shape index (κ3) is 5.21. The highest BCUT2D eigenvalue weighted by molar-refractivity contribution is 7.10. The fraction of sp³-hybridized carbons (Fsp3) is 0.179. The van der Waals surface area contributed by atoms with Crippen LogP contribution in [0.3, 0.4) is 0 Å². The summed E-state index contributed by atoms with van der Waals surface area (Å²) in [6.07, 6.45) is 0.759. The fourth-order valence-electron chi connectivity index (χ4n) is 4.18. The van der Waals surface area contributed by atoms with Crippen LogP contribution in [0.1, 0.15) is 29.7 Å². The number of aromatic nitrogens is 1. The van der Waals surface area contributed by atoms with Gasteiger partial charge in [0.25, 0.3) is 0 Å². The number of anilines is 1. The molecular weight excluding hydrogens is 531 g/mol. The molecule has 1 aliphatic rings. The Morgan fingerprint density at radius 3 is 2.22 bits per heavy atom. The Kier molecular flexibility index (Phi) is 6.94. The van der Waals surface area contributed by atoms with E-state index in [1.54, 1.807) is 18.2 Å². The van der Waals surface area contributed by atoms with Crippen LogP contribution in [0.25, 0.3) is 21.6 Å². The number of amides is 1. The minimum atomic E-state index is -0.758. The van der Waals surface area contributed by atoms with Gasteiger partial charge in [0.2, 0.25) is 0 Å². The maximum atomic E-state index is 12.5. The lowest BCUT2D eigenvalue weighted by atomic mass is 9.93. The van der Waals surface area contributed by atoms with Crippen LogP contribution in [0.5, 0.6) is 0 Å². The number of hydrogen-bond acceptors (Lipinski definition) is 5. The average Bonchev–Trinajstić information content (AvgIpc) is 3.63. The molecule has 0 radical (unpaired) electrons. The van der Waals surface area contributed by atoms with Gasteiger partial charge in [0.1, 0.15) is 6.61 Å². The van der Waals surface area contributed by atoms with E-state index in [0.717, 1.165) is 27.1 Å². The second-order valence-corrected chi connectivity index (χ2v) is 10.6. The predicted octanol–water partition coefficient (Wildman–Crippen LogP) is 7.96. The molecule has 0 atom stereocenters. The monoisotopic (exact) mass is 552 g/mol. The molecular formula is C28H22Cl2N2O4S. The van der Waals surface area contributed by atoms with Gasteiger partial charge in [0, 0.05) is 15.6 Å². The van der Waals surface area contributed by atoms with Crippen molar-refractivity contribution in [2.45, 2.75) is 31.8 Å². The van der Waals surface area contributed by atoms with Crippen molar-refractivity contribution in [3.63, 3.8) is 0 Å². The van der Waals surface area contributed by atoms with E-state index >= 15 is 0 Å². The molecule has 1 heterocycles. The second-order valence-electron chi connectivity index (χ2n) is 8.95. The molecule has 0 spiro atoms. The van der Waals surface area contributed by atoms with Crippen LogP contribution in [0.4, 0.5) is 10.5 Å². The van der Waals surface area contributed by atoms with Crippen molar-refractivity contribution in [3.05, 3.63) is 93.6 Å². The fourth-order valence-corrected chi connectivity index (χ4v) is 5.49. The summed E-state index contributed by atoms with van der Waals surface area (Å²) in [7, 11) is 0. The zero-order valence-electron chi connectivity index (χ0n) is 19.8. The first kappa shape index (κ1) is 25.3. The summed E-state index contributed by atoms with van der Waals surface area (Å²) in [6, 6.07) is 20.7. The summed E-state index contributed by atoms with van der Waals surface area (Å²) in [5, 5.41) is 13.3.